The van der Waals surface area contributed by atoms with E-state index in [1.807, 2.05) is 7.05 Å². The van der Waals surface area contributed by atoms with Crippen LogP contribution < -0.4 is 5.32 Å². The van der Waals surface area contributed by atoms with Crippen molar-refractivity contribution in [3.05, 3.63) is 29.8 Å². The molecule has 0 bridgehead atoms. The maximum absolute atomic E-state index is 13.3. The second-order valence-electron chi connectivity index (χ2n) is 4.31. The summed E-state index contributed by atoms with van der Waals surface area (Å²) in [6, 6.07) is 3.49. The average Bonchev–Trinajstić information content (AvgIpc) is 2.36. The first-order valence-corrected chi connectivity index (χ1v) is 7.37. The van der Waals surface area contributed by atoms with Crippen LogP contribution in [0.15, 0.2) is 23.1 Å². The molecule has 2 atom stereocenters. The highest BCUT2D eigenvalue weighted by molar-refractivity contribution is 7.85. The van der Waals surface area contributed by atoms with Crippen molar-refractivity contribution in [3.8, 4) is 0 Å². The lowest BCUT2D eigenvalue weighted by atomic mass is 10.1. The quantitative estimate of drug-likeness (QED) is 0.775. The average molecular weight is 275 g/mol. The van der Waals surface area contributed by atoms with Crippen molar-refractivity contribution in [2.24, 2.45) is 0 Å². The van der Waals surface area contributed by atoms with Crippen molar-refractivity contribution in [3.63, 3.8) is 0 Å². The Bertz CT molecular complexity index is 412. The molecule has 0 aromatic heterocycles. The van der Waals surface area contributed by atoms with Crippen LogP contribution in [0.3, 0.4) is 0 Å². The molecule has 0 aliphatic heterocycles. The Hall–Kier alpha value is -0.810. The number of hydrogen-bond donors (Lipinski definition) is 1. The van der Waals surface area contributed by atoms with Gasteiger partial charge in [0.25, 0.3) is 0 Å². The van der Waals surface area contributed by atoms with Gasteiger partial charge in [-0.3, -0.25) is 4.21 Å². The van der Waals surface area contributed by atoms with Gasteiger partial charge in [-0.05, 0) is 45.0 Å². The third-order valence-electron chi connectivity index (χ3n) is 2.85. The maximum Gasteiger partial charge on any atom is 0.139 e. The van der Waals surface area contributed by atoms with Gasteiger partial charge in [-0.25, -0.2) is 8.78 Å². The van der Waals surface area contributed by atoms with E-state index >= 15 is 0 Å². The van der Waals surface area contributed by atoms with Gasteiger partial charge in [0, 0.05) is 11.8 Å². The van der Waals surface area contributed by atoms with Gasteiger partial charge >= 0.3 is 0 Å². The van der Waals surface area contributed by atoms with Crippen molar-refractivity contribution >= 4 is 10.8 Å². The molecule has 18 heavy (non-hydrogen) atoms. The Morgan fingerprint density at radius 3 is 2.72 bits per heavy atom. The molecule has 0 saturated heterocycles. The highest BCUT2D eigenvalue weighted by atomic mass is 32.2. The molecule has 5 heteroatoms. The van der Waals surface area contributed by atoms with Crippen LogP contribution in [0.25, 0.3) is 0 Å². The fraction of sp³-hybridized carbons (Fsp3) is 0.538. The fourth-order valence-corrected chi connectivity index (χ4v) is 2.81. The first kappa shape index (κ1) is 15.2. The smallest absolute Gasteiger partial charge is 0.139 e. The summed E-state index contributed by atoms with van der Waals surface area (Å²) in [4.78, 5) is -0.0309. The van der Waals surface area contributed by atoms with Crippen molar-refractivity contribution < 1.29 is 13.0 Å². The molecule has 0 aliphatic rings. The van der Waals surface area contributed by atoms with Crippen LogP contribution in [0.5, 0.6) is 0 Å². The first-order valence-electron chi connectivity index (χ1n) is 6.05. The standard InChI is InChI=1S/C13H19F2NOS/c1-10(16-2)5-3-4-8-18(17)13-9-11(14)6-7-12(13)15/h6-7,9-10,16H,3-5,8H2,1-2H3. The number of unbranched alkanes of at least 4 members (excludes halogenated alkanes) is 1. The van der Waals surface area contributed by atoms with Gasteiger partial charge in [0.05, 0.1) is 15.7 Å². The van der Waals surface area contributed by atoms with Crippen LogP contribution in [-0.2, 0) is 10.8 Å². The minimum atomic E-state index is -1.46. The number of hydrogen-bond acceptors (Lipinski definition) is 2. The predicted molar refractivity (Wildman–Crippen MR) is 70.0 cm³/mol. The number of benzene rings is 1. The molecule has 0 aliphatic carbocycles. The van der Waals surface area contributed by atoms with Crippen LogP contribution in [-0.4, -0.2) is 23.1 Å². The van der Waals surface area contributed by atoms with E-state index in [-0.39, 0.29) is 4.90 Å². The Balaban J connectivity index is 2.43. The molecule has 0 saturated carbocycles. The molecule has 0 amide bonds. The molecule has 2 nitrogen and oxygen atoms in total. The van der Waals surface area contributed by atoms with Crippen LogP contribution in [0, 0.1) is 11.6 Å². The molecule has 0 heterocycles. The zero-order valence-electron chi connectivity index (χ0n) is 10.7. The summed E-state index contributed by atoms with van der Waals surface area (Å²) in [5, 5.41) is 3.12. The summed E-state index contributed by atoms with van der Waals surface area (Å²) >= 11 is 0. The Kier molecular flexibility index (Phi) is 6.43. The zero-order valence-corrected chi connectivity index (χ0v) is 11.5. The lowest BCUT2D eigenvalue weighted by Crippen LogP contribution is -2.20. The van der Waals surface area contributed by atoms with Gasteiger partial charge in [-0.1, -0.05) is 6.42 Å². The lowest BCUT2D eigenvalue weighted by molar-refractivity contribution is 0.537. The lowest BCUT2D eigenvalue weighted by Gasteiger charge is -2.09. The van der Waals surface area contributed by atoms with Crippen molar-refractivity contribution in [2.45, 2.75) is 37.1 Å². The SMILES string of the molecule is CNC(C)CCCCS(=O)c1cc(F)ccc1F. The van der Waals surface area contributed by atoms with Crippen LogP contribution in [0.2, 0.25) is 0 Å². The Morgan fingerprint density at radius 1 is 1.33 bits per heavy atom. The van der Waals surface area contributed by atoms with Gasteiger partial charge < -0.3 is 5.32 Å². The summed E-state index contributed by atoms with van der Waals surface area (Å²) < 4.78 is 38.1. The van der Waals surface area contributed by atoms with Crippen molar-refractivity contribution in [2.75, 3.05) is 12.8 Å². The fourth-order valence-electron chi connectivity index (χ4n) is 1.59. The second-order valence-corrected chi connectivity index (χ2v) is 5.85. The van der Waals surface area contributed by atoms with Crippen molar-refractivity contribution in [1.29, 1.82) is 0 Å². The molecule has 1 rings (SSSR count). The molecular weight excluding hydrogens is 256 g/mol. The van der Waals surface area contributed by atoms with E-state index in [4.69, 9.17) is 0 Å². The van der Waals surface area contributed by atoms with Gasteiger partial charge in [0.1, 0.15) is 11.6 Å². The molecule has 0 fully saturated rings. The van der Waals surface area contributed by atoms with E-state index < -0.39 is 22.4 Å². The minimum absolute atomic E-state index is 0.0309. The maximum atomic E-state index is 13.3. The van der Waals surface area contributed by atoms with E-state index in [2.05, 4.69) is 12.2 Å². The van der Waals surface area contributed by atoms with Gasteiger partial charge in [-0.15, -0.1) is 0 Å². The van der Waals surface area contributed by atoms with E-state index in [1.165, 1.54) is 0 Å². The minimum Gasteiger partial charge on any atom is -0.317 e. The van der Waals surface area contributed by atoms with Crippen LogP contribution in [0.1, 0.15) is 26.2 Å². The topological polar surface area (TPSA) is 29.1 Å². The summed E-state index contributed by atoms with van der Waals surface area (Å²) in [7, 11) is 0.436. The van der Waals surface area contributed by atoms with E-state index in [9.17, 15) is 13.0 Å². The highest BCUT2D eigenvalue weighted by Crippen LogP contribution is 2.15. The Labute approximate surface area is 109 Å². The van der Waals surface area contributed by atoms with E-state index in [0.29, 0.717) is 11.8 Å². The monoisotopic (exact) mass is 275 g/mol. The Morgan fingerprint density at radius 2 is 2.06 bits per heavy atom. The second kappa shape index (κ2) is 7.59. The summed E-state index contributed by atoms with van der Waals surface area (Å²) in [6.45, 7) is 2.07. The van der Waals surface area contributed by atoms with E-state index in [0.717, 1.165) is 37.5 Å². The van der Waals surface area contributed by atoms with Crippen LogP contribution >= 0.6 is 0 Å². The summed E-state index contributed by atoms with van der Waals surface area (Å²) in [5.41, 5.74) is 0. The van der Waals surface area contributed by atoms with Gasteiger partial charge in [0.2, 0.25) is 0 Å². The third-order valence-corrected chi connectivity index (χ3v) is 4.31. The summed E-state index contributed by atoms with van der Waals surface area (Å²) in [5.74, 6) is -0.779. The largest absolute Gasteiger partial charge is 0.317 e. The molecule has 1 N–H and O–H groups in total. The van der Waals surface area contributed by atoms with Crippen molar-refractivity contribution in [1.82, 2.24) is 5.32 Å². The predicted octanol–water partition coefficient (Wildman–Crippen LogP) is 2.85. The zero-order chi connectivity index (χ0) is 13.5. The normalized spacial score (nSPS) is 14.4. The van der Waals surface area contributed by atoms with Gasteiger partial charge in [0.15, 0.2) is 0 Å². The molecule has 0 radical (unpaired) electrons. The third kappa shape index (κ3) is 4.82. The summed E-state index contributed by atoms with van der Waals surface area (Å²) in [6.07, 6.45) is 2.65. The molecule has 1 aromatic rings. The molecular formula is C13H19F2NOS. The molecule has 1 aromatic carbocycles. The first-order chi connectivity index (χ1) is 8.54. The number of halogens is 2. The number of nitrogens with one attached hydrogen (secondary N) is 1. The molecule has 0 spiro atoms. The van der Waals surface area contributed by atoms with E-state index in [1.54, 1.807) is 0 Å². The number of rotatable bonds is 7. The van der Waals surface area contributed by atoms with Crippen LogP contribution in [0.4, 0.5) is 8.78 Å². The van der Waals surface area contributed by atoms with Gasteiger partial charge in [-0.2, -0.15) is 0 Å². The molecule has 102 valence electrons. The molecule has 2 unspecified atom stereocenters. The highest BCUT2D eigenvalue weighted by Gasteiger charge is 2.11.